The highest BCUT2D eigenvalue weighted by Gasteiger charge is 2.19. The average Bonchev–Trinajstić information content (AvgIpc) is 3.00. The van der Waals surface area contributed by atoms with Gasteiger partial charge in [0, 0.05) is 37.7 Å². The van der Waals surface area contributed by atoms with Crippen LogP contribution in [-0.4, -0.2) is 41.5 Å². The predicted molar refractivity (Wildman–Crippen MR) is 84.7 cm³/mol. The number of carbonyl (C=O) groups excluding carboxylic acids is 2. The summed E-state index contributed by atoms with van der Waals surface area (Å²) in [6.45, 7) is 2.19. The SMILES string of the molecule is O=C(NCCCC(=O)N1CCC1)c1cc(-c2ccccc2)on1. The minimum Gasteiger partial charge on any atom is -0.355 e. The Morgan fingerprint density at radius 1 is 1.22 bits per heavy atom. The molecule has 0 atom stereocenters. The molecule has 120 valence electrons. The third-order valence-electron chi connectivity index (χ3n) is 3.86. The first kappa shape index (κ1) is 15.3. The van der Waals surface area contributed by atoms with Gasteiger partial charge < -0.3 is 14.7 Å². The molecule has 2 aromatic rings. The summed E-state index contributed by atoms with van der Waals surface area (Å²) >= 11 is 0. The Morgan fingerprint density at radius 2 is 2.00 bits per heavy atom. The maximum atomic E-state index is 12.0. The number of likely N-dealkylation sites (tertiary alicyclic amines) is 1. The van der Waals surface area contributed by atoms with E-state index < -0.39 is 0 Å². The third kappa shape index (κ3) is 3.77. The lowest BCUT2D eigenvalue weighted by atomic mass is 10.1. The molecule has 1 fully saturated rings. The second-order valence-electron chi connectivity index (χ2n) is 5.54. The minimum atomic E-state index is -0.285. The van der Waals surface area contributed by atoms with Gasteiger partial charge in [0.1, 0.15) is 0 Å². The number of amides is 2. The Kier molecular flexibility index (Phi) is 4.71. The fourth-order valence-corrected chi connectivity index (χ4v) is 2.38. The van der Waals surface area contributed by atoms with Crippen molar-refractivity contribution in [1.29, 1.82) is 0 Å². The van der Waals surface area contributed by atoms with Gasteiger partial charge in [-0.3, -0.25) is 9.59 Å². The van der Waals surface area contributed by atoms with Gasteiger partial charge >= 0.3 is 0 Å². The molecule has 6 nitrogen and oxygen atoms in total. The Labute approximate surface area is 134 Å². The lowest BCUT2D eigenvalue weighted by molar-refractivity contribution is -0.134. The van der Waals surface area contributed by atoms with Gasteiger partial charge in [-0.05, 0) is 12.8 Å². The summed E-state index contributed by atoms with van der Waals surface area (Å²) in [6, 6.07) is 11.1. The molecule has 2 amide bonds. The van der Waals surface area contributed by atoms with Crippen LogP contribution in [0.1, 0.15) is 29.8 Å². The van der Waals surface area contributed by atoms with Gasteiger partial charge in [0.15, 0.2) is 11.5 Å². The Morgan fingerprint density at radius 3 is 2.70 bits per heavy atom. The molecule has 0 bridgehead atoms. The van der Waals surface area contributed by atoms with Crippen LogP contribution in [0.5, 0.6) is 0 Å². The molecule has 0 aliphatic carbocycles. The molecule has 1 aliphatic rings. The zero-order valence-electron chi connectivity index (χ0n) is 12.8. The Hall–Kier alpha value is -2.63. The van der Waals surface area contributed by atoms with Crippen LogP contribution < -0.4 is 5.32 Å². The topological polar surface area (TPSA) is 75.4 Å². The van der Waals surface area contributed by atoms with Crippen LogP contribution in [-0.2, 0) is 4.79 Å². The van der Waals surface area contributed by atoms with Gasteiger partial charge in [0.2, 0.25) is 5.91 Å². The first-order valence-electron chi connectivity index (χ1n) is 7.82. The van der Waals surface area contributed by atoms with Crippen molar-refractivity contribution in [3.8, 4) is 11.3 Å². The lowest BCUT2D eigenvalue weighted by Gasteiger charge is -2.30. The molecule has 23 heavy (non-hydrogen) atoms. The molecule has 1 aromatic carbocycles. The zero-order valence-corrected chi connectivity index (χ0v) is 12.8. The van der Waals surface area contributed by atoms with E-state index in [-0.39, 0.29) is 17.5 Å². The molecular weight excluding hydrogens is 294 g/mol. The van der Waals surface area contributed by atoms with Gasteiger partial charge in [0.05, 0.1) is 0 Å². The molecular formula is C17H19N3O3. The van der Waals surface area contributed by atoms with Crippen LogP contribution in [0.3, 0.4) is 0 Å². The second-order valence-corrected chi connectivity index (χ2v) is 5.54. The average molecular weight is 313 g/mol. The van der Waals surface area contributed by atoms with Crippen molar-refractivity contribution in [2.45, 2.75) is 19.3 Å². The monoisotopic (exact) mass is 313 g/mol. The minimum absolute atomic E-state index is 0.165. The number of carbonyl (C=O) groups is 2. The van der Waals surface area contributed by atoms with Crippen molar-refractivity contribution < 1.29 is 14.1 Å². The van der Waals surface area contributed by atoms with Crippen LogP contribution in [0.4, 0.5) is 0 Å². The number of hydrogen-bond acceptors (Lipinski definition) is 4. The normalized spacial score (nSPS) is 13.5. The van der Waals surface area contributed by atoms with Gasteiger partial charge in [-0.2, -0.15) is 0 Å². The molecule has 0 unspecified atom stereocenters. The molecule has 0 saturated carbocycles. The van der Waals surface area contributed by atoms with Crippen molar-refractivity contribution >= 4 is 11.8 Å². The number of benzene rings is 1. The van der Waals surface area contributed by atoms with Crippen LogP contribution in [0.15, 0.2) is 40.9 Å². The van der Waals surface area contributed by atoms with Crippen molar-refractivity contribution in [2.75, 3.05) is 19.6 Å². The van der Waals surface area contributed by atoms with E-state index in [4.69, 9.17) is 4.52 Å². The van der Waals surface area contributed by atoms with Crippen molar-refractivity contribution in [1.82, 2.24) is 15.4 Å². The fraction of sp³-hybridized carbons (Fsp3) is 0.353. The maximum absolute atomic E-state index is 12.0. The van der Waals surface area contributed by atoms with E-state index in [1.165, 1.54) is 0 Å². The van der Waals surface area contributed by atoms with E-state index in [2.05, 4.69) is 10.5 Å². The first-order chi connectivity index (χ1) is 11.2. The number of rotatable bonds is 6. The molecule has 1 aromatic heterocycles. The molecule has 1 N–H and O–H groups in total. The zero-order chi connectivity index (χ0) is 16.1. The third-order valence-corrected chi connectivity index (χ3v) is 3.86. The van der Waals surface area contributed by atoms with Crippen molar-refractivity contribution in [2.24, 2.45) is 0 Å². The summed E-state index contributed by atoms with van der Waals surface area (Å²) < 4.78 is 5.20. The quantitative estimate of drug-likeness (QED) is 0.829. The van der Waals surface area contributed by atoms with Crippen molar-refractivity contribution in [3.63, 3.8) is 0 Å². The summed E-state index contributed by atoms with van der Waals surface area (Å²) in [7, 11) is 0. The standard InChI is InChI=1S/C17H19N3O3/c21-16(20-10-5-11-20)8-4-9-18-17(22)14-12-15(23-19-14)13-6-2-1-3-7-13/h1-3,6-7,12H,4-5,8-11H2,(H,18,22). The highest BCUT2D eigenvalue weighted by molar-refractivity contribution is 5.93. The molecule has 6 heteroatoms. The second kappa shape index (κ2) is 7.09. The Bertz CT molecular complexity index is 677. The molecule has 0 radical (unpaired) electrons. The lowest BCUT2D eigenvalue weighted by Crippen LogP contribution is -2.42. The van der Waals surface area contributed by atoms with Gasteiger partial charge in [-0.1, -0.05) is 35.5 Å². The molecule has 0 spiro atoms. The number of nitrogens with one attached hydrogen (secondary N) is 1. The molecule has 1 saturated heterocycles. The number of aromatic nitrogens is 1. The van der Waals surface area contributed by atoms with E-state index in [9.17, 15) is 9.59 Å². The van der Waals surface area contributed by atoms with E-state index in [1.807, 2.05) is 35.2 Å². The van der Waals surface area contributed by atoms with Gasteiger partial charge in [-0.15, -0.1) is 0 Å². The predicted octanol–water partition coefficient (Wildman–Crippen LogP) is 2.08. The van der Waals surface area contributed by atoms with Crippen LogP contribution >= 0.6 is 0 Å². The molecule has 3 rings (SSSR count). The van der Waals surface area contributed by atoms with Gasteiger partial charge in [0.25, 0.3) is 5.91 Å². The summed E-state index contributed by atoms with van der Waals surface area (Å²) in [5.74, 6) is 0.439. The summed E-state index contributed by atoms with van der Waals surface area (Å²) in [4.78, 5) is 25.5. The van der Waals surface area contributed by atoms with Crippen LogP contribution in [0, 0.1) is 0 Å². The summed E-state index contributed by atoms with van der Waals surface area (Å²) in [5, 5.41) is 6.56. The molecule has 1 aliphatic heterocycles. The largest absolute Gasteiger partial charge is 0.355 e. The number of nitrogens with zero attached hydrogens (tertiary/aromatic N) is 2. The van der Waals surface area contributed by atoms with Gasteiger partial charge in [-0.25, -0.2) is 0 Å². The fourth-order valence-electron chi connectivity index (χ4n) is 2.38. The highest BCUT2D eigenvalue weighted by Crippen LogP contribution is 2.19. The van der Waals surface area contributed by atoms with Crippen LogP contribution in [0.2, 0.25) is 0 Å². The first-order valence-corrected chi connectivity index (χ1v) is 7.82. The van der Waals surface area contributed by atoms with Crippen LogP contribution in [0.25, 0.3) is 11.3 Å². The van der Waals surface area contributed by atoms with Crippen molar-refractivity contribution in [3.05, 3.63) is 42.1 Å². The smallest absolute Gasteiger partial charge is 0.273 e. The Balaban J connectivity index is 1.45. The highest BCUT2D eigenvalue weighted by atomic mass is 16.5. The number of hydrogen-bond donors (Lipinski definition) is 1. The van der Waals surface area contributed by atoms with E-state index >= 15 is 0 Å². The maximum Gasteiger partial charge on any atom is 0.273 e. The molecule has 2 heterocycles. The summed E-state index contributed by atoms with van der Waals surface area (Å²) in [6.07, 6.45) is 2.19. The summed E-state index contributed by atoms with van der Waals surface area (Å²) in [5.41, 5.74) is 1.12. The van der Waals surface area contributed by atoms with E-state index in [1.54, 1.807) is 6.07 Å². The van der Waals surface area contributed by atoms with E-state index in [0.717, 1.165) is 25.1 Å². The van der Waals surface area contributed by atoms with E-state index in [0.29, 0.717) is 25.1 Å².